The molecule has 21 heavy (non-hydrogen) atoms. The normalized spacial score (nSPS) is 10.8. The Morgan fingerprint density at radius 1 is 0.905 bits per heavy atom. The third-order valence-corrected chi connectivity index (χ3v) is 3.87. The molecule has 0 spiro atoms. The maximum Gasteiger partial charge on any atom is 0.196 e. The van der Waals surface area contributed by atoms with E-state index in [1.807, 2.05) is 37.3 Å². The summed E-state index contributed by atoms with van der Waals surface area (Å²) in [6, 6.07) is 15.7. The van der Waals surface area contributed by atoms with Crippen LogP contribution in [0.2, 0.25) is 5.02 Å². The van der Waals surface area contributed by atoms with E-state index in [9.17, 15) is 9.18 Å². The number of hydrogen-bond donors (Lipinski definition) is 0. The maximum absolute atomic E-state index is 14.1. The van der Waals surface area contributed by atoms with Crippen molar-refractivity contribution in [2.24, 2.45) is 0 Å². The van der Waals surface area contributed by atoms with E-state index in [0.717, 1.165) is 16.3 Å². The Morgan fingerprint density at radius 3 is 2.38 bits per heavy atom. The molecule has 1 nitrogen and oxygen atoms in total. The van der Waals surface area contributed by atoms with Gasteiger partial charge in [0.15, 0.2) is 11.6 Å². The molecule has 0 unspecified atom stereocenters. The van der Waals surface area contributed by atoms with Crippen molar-refractivity contribution in [3.05, 3.63) is 82.1 Å². The molecule has 0 bridgehead atoms. The number of hydrogen-bond acceptors (Lipinski definition) is 1. The van der Waals surface area contributed by atoms with E-state index >= 15 is 0 Å². The summed E-state index contributed by atoms with van der Waals surface area (Å²) in [4.78, 5) is 12.6. The summed E-state index contributed by atoms with van der Waals surface area (Å²) in [5.74, 6) is -1.03. The van der Waals surface area contributed by atoms with Crippen molar-refractivity contribution in [2.45, 2.75) is 6.92 Å². The highest BCUT2D eigenvalue weighted by atomic mass is 35.5. The van der Waals surface area contributed by atoms with Gasteiger partial charge in [-0.15, -0.1) is 0 Å². The second kappa shape index (κ2) is 5.30. The zero-order valence-electron chi connectivity index (χ0n) is 11.4. The molecule has 0 aliphatic rings. The van der Waals surface area contributed by atoms with Crippen molar-refractivity contribution >= 4 is 28.2 Å². The molecule has 0 aliphatic heterocycles. The fourth-order valence-corrected chi connectivity index (χ4v) is 2.65. The van der Waals surface area contributed by atoms with E-state index in [2.05, 4.69) is 0 Å². The number of fused-ring (bicyclic) bond motifs is 1. The van der Waals surface area contributed by atoms with Crippen LogP contribution in [0, 0.1) is 12.7 Å². The van der Waals surface area contributed by atoms with Crippen LogP contribution in [0.15, 0.2) is 54.6 Å². The lowest BCUT2D eigenvalue weighted by Crippen LogP contribution is -2.05. The van der Waals surface area contributed by atoms with Gasteiger partial charge in [0.25, 0.3) is 0 Å². The van der Waals surface area contributed by atoms with Crippen molar-refractivity contribution in [1.82, 2.24) is 0 Å². The van der Waals surface area contributed by atoms with Gasteiger partial charge in [0.05, 0.1) is 10.6 Å². The number of aryl methyl sites for hydroxylation is 1. The number of carbonyl (C=O) groups is 1. The average Bonchev–Trinajstić information content (AvgIpc) is 2.50. The van der Waals surface area contributed by atoms with E-state index in [1.165, 1.54) is 12.1 Å². The first-order chi connectivity index (χ1) is 10.1. The van der Waals surface area contributed by atoms with Gasteiger partial charge in [0, 0.05) is 5.56 Å². The standard InChI is InChI=1S/C18H12ClFO/c1-11-9-10-14(13-6-3-2-5-12(11)13)18(21)15-7-4-8-16(19)17(15)20/h2-10H,1H3. The van der Waals surface area contributed by atoms with E-state index in [0.29, 0.717) is 5.56 Å². The minimum Gasteiger partial charge on any atom is -0.288 e. The molecule has 0 aliphatic carbocycles. The highest BCUT2D eigenvalue weighted by Gasteiger charge is 2.18. The minimum absolute atomic E-state index is 0.00324. The molecule has 3 aromatic carbocycles. The zero-order valence-corrected chi connectivity index (χ0v) is 12.1. The average molecular weight is 299 g/mol. The molecule has 3 aromatic rings. The molecule has 0 aromatic heterocycles. The smallest absolute Gasteiger partial charge is 0.196 e. The summed E-state index contributed by atoms with van der Waals surface area (Å²) in [6.07, 6.45) is 0. The third kappa shape index (κ3) is 2.32. The lowest BCUT2D eigenvalue weighted by Gasteiger charge is -2.09. The van der Waals surface area contributed by atoms with Crippen molar-refractivity contribution in [2.75, 3.05) is 0 Å². The summed E-state index contributed by atoms with van der Waals surface area (Å²) in [5.41, 5.74) is 1.56. The number of rotatable bonds is 2. The predicted octanol–water partition coefficient (Wildman–Crippen LogP) is 5.17. The number of benzene rings is 3. The van der Waals surface area contributed by atoms with Gasteiger partial charge in [0.1, 0.15) is 0 Å². The van der Waals surface area contributed by atoms with Gasteiger partial charge in [-0.1, -0.05) is 54.1 Å². The molecule has 104 valence electrons. The SMILES string of the molecule is Cc1ccc(C(=O)c2cccc(Cl)c2F)c2ccccc12. The molecule has 3 heteroatoms. The molecule has 3 rings (SSSR count). The Hall–Kier alpha value is -2.19. The quantitative estimate of drug-likeness (QED) is 0.596. The third-order valence-electron chi connectivity index (χ3n) is 3.58. The highest BCUT2D eigenvalue weighted by Crippen LogP contribution is 2.26. The van der Waals surface area contributed by atoms with Crippen LogP contribution in [0.25, 0.3) is 10.8 Å². The van der Waals surface area contributed by atoms with Crippen LogP contribution >= 0.6 is 11.6 Å². The molecule has 0 radical (unpaired) electrons. The number of carbonyl (C=O) groups excluding carboxylic acids is 1. The molecule has 0 N–H and O–H groups in total. The fourth-order valence-electron chi connectivity index (χ4n) is 2.47. The Kier molecular flexibility index (Phi) is 3.48. The molecule has 0 saturated carbocycles. The van der Waals surface area contributed by atoms with Crippen LogP contribution in [0.1, 0.15) is 21.5 Å². The van der Waals surface area contributed by atoms with E-state index in [4.69, 9.17) is 11.6 Å². The van der Waals surface area contributed by atoms with Crippen LogP contribution in [0.4, 0.5) is 4.39 Å². The molecular weight excluding hydrogens is 287 g/mol. The fraction of sp³-hybridized carbons (Fsp3) is 0.0556. The van der Waals surface area contributed by atoms with E-state index in [-0.39, 0.29) is 16.4 Å². The van der Waals surface area contributed by atoms with Crippen LogP contribution in [0.5, 0.6) is 0 Å². The van der Waals surface area contributed by atoms with Crippen LogP contribution in [0.3, 0.4) is 0 Å². The van der Waals surface area contributed by atoms with Gasteiger partial charge in [0.2, 0.25) is 0 Å². The van der Waals surface area contributed by atoms with E-state index < -0.39 is 5.82 Å². The van der Waals surface area contributed by atoms with Crippen LogP contribution < -0.4 is 0 Å². The second-order valence-corrected chi connectivity index (χ2v) is 5.31. The molecule has 0 heterocycles. The Bertz CT molecular complexity index is 855. The van der Waals surface area contributed by atoms with Gasteiger partial charge < -0.3 is 0 Å². The summed E-state index contributed by atoms with van der Waals surface area (Å²) in [7, 11) is 0. The first kappa shape index (κ1) is 13.8. The second-order valence-electron chi connectivity index (χ2n) is 4.91. The molecular formula is C18H12ClFO. The summed E-state index contributed by atoms with van der Waals surface area (Å²) < 4.78 is 14.1. The molecule has 0 fully saturated rings. The van der Waals surface area contributed by atoms with Crippen LogP contribution in [-0.2, 0) is 0 Å². The molecule has 0 amide bonds. The van der Waals surface area contributed by atoms with Crippen molar-refractivity contribution in [3.63, 3.8) is 0 Å². The van der Waals surface area contributed by atoms with Gasteiger partial charge >= 0.3 is 0 Å². The monoisotopic (exact) mass is 298 g/mol. The first-order valence-corrected chi connectivity index (χ1v) is 6.94. The first-order valence-electron chi connectivity index (χ1n) is 6.56. The lowest BCUT2D eigenvalue weighted by molar-refractivity contribution is 0.103. The van der Waals surface area contributed by atoms with Gasteiger partial charge in [-0.25, -0.2) is 4.39 Å². The topological polar surface area (TPSA) is 17.1 Å². The summed E-state index contributed by atoms with van der Waals surface area (Å²) in [5, 5.41) is 1.77. The van der Waals surface area contributed by atoms with Crippen molar-refractivity contribution in [1.29, 1.82) is 0 Å². The van der Waals surface area contributed by atoms with Crippen LogP contribution in [-0.4, -0.2) is 5.78 Å². The minimum atomic E-state index is -0.672. The Labute approximate surface area is 127 Å². The van der Waals surface area contributed by atoms with Gasteiger partial charge in [-0.3, -0.25) is 4.79 Å². The largest absolute Gasteiger partial charge is 0.288 e. The number of halogens is 2. The predicted molar refractivity (Wildman–Crippen MR) is 83.5 cm³/mol. The van der Waals surface area contributed by atoms with Gasteiger partial charge in [-0.05, 0) is 35.4 Å². The Balaban J connectivity index is 2.23. The Morgan fingerprint density at radius 2 is 1.62 bits per heavy atom. The van der Waals surface area contributed by atoms with Gasteiger partial charge in [-0.2, -0.15) is 0 Å². The highest BCUT2D eigenvalue weighted by molar-refractivity contribution is 6.31. The van der Waals surface area contributed by atoms with Crippen molar-refractivity contribution in [3.8, 4) is 0 Å². The molecule has 0 atom stereocenters. The molecule has 0 saturated heterocycles. The van der Waals surface area contributed by atoms with E-state index in [1.54, 1.807) is 12.1 Å². The summed E-state index contributed by atoms with van der Waals surface area (Å²) >= 11 is 5.76. The zero-order chi connectivity index (χ0) is 15.0. The maximum atomic E-state index is 14.1. The summed E-state index contributed by atoms with van der Waals surface area (Å²) in [6.45, 7) is 1.98. The number of ketones is 1. The lowest BCUT2D eigenvalue weighted by atomic mass is 9.95. The van der Waals surface area contributed by atoms with Crippen molar-refractivity contribution < 1.29 is 9.18 Å².